The third-order valence-electron chi connectivity index (χ3n) is 9.09. The lowest BCUT2D eigenvalue weighted by Crippen LogP contribution is -2.05. The standard InChI is InChI=1S/C36H71/c1-2-3-4-5-6-7-8-9-10-11-12-13-14-15-16-17-18-19-20-21-22-23-24-25-26-27-28-30-33-36-34-31-29-32-35-36/h36H,1-35H2. The average Bonchev–Trinajstić information content (AvgIpc) is 2.91. The normalized spacial score (nSPS) is 14.6. The molecule has 0 aromatic heterocycles. The van der Waals surface area contributed by atoms with Crippen molar-refractivity contribution in [3.8, 4) is 0 Å². The maximum atomic E-state index is 3.93. The van der Waals surface area contributed by atoms with Crippen molar-refractivity contribution in [3.63, 3.8) is 0 Å². The van der Waals surface area contributed by atoms with Gasteiger partial charge in [0.2, 0.25) is 0 Å². The third kappa shape index (κ3) is 25.6. The Hall–Kier alpha value is 0. The van der Waals surface area contributed by atoms with Crippen LogP contribution >= 0.6 is 0 Å². The van der Waals surface area contributed by atoms with Gasteiger partial charge in [0.15, 0.2) is 0 Å². The van der Waals surface area contributed by atoms with Gasteiger partial charge in [0.05, 0.1) is 0 Å². The van der Waals surface area contributed by atoms with Crippen LogP contribution in [0.25, 0.3) is 0 Å². The van der Waals surface area contributed by atoms with Crippen LogP contribution in [0.15, 0.2) is 0 Å². The topological polar surface area (TPSA) is 0 Å². The zero-order chi connectivity index (χ0) is 25.6. The molecule has 0 heterocycles. The molecule has 0 unspecified atom stereocenters. The predicted molar refractivity (Wildman–Crippen MR) is 166 cm³/mol. The van der Waals surface area contributed by atoms with E-state index < -0.39 is 0 Å². The molecule has 0 spiro atoms. The molecule has 0 atom stereocenters. The van der Waals surface area contributed by atoms with E-state index in [9.17, 15) is 0 Å². The summed E-state index contributed by atoms with van der Waals surface area (Å²) in [6.45, 7) is 3.93. The van der Waals surface area contributed by atoms with Gasteiger partial charge in [-0.3, -0.25) is 0 Å². The predicted octanol–water partition coefficient (Wildman–Crippen LogP) is 13.7. The van der Waals surface area contributed by atoms with Crippen LogP contribution in [0.5, 0.6) is 0 Å². The van der Waals surface area contributed by atoms with Gasteiger partial charge in [-0.05, 0) is 5.92 Å². The fourth-order valence-electron chi connectivity index (χ4n) is 6.51. The van der Waals surface area contributed by atoms with Gasteiger partial charge < -0.3 is 0 Å². The lowest BCUT2D eigenvalue weighted by molar-refractivity contribution is 0.328. The van der Waals surface area contributed by atoms with Crippen molar-refractivity contribution in [1.29, 1.82) is 0 Å². The Bertz CT molecular complexity index is 379. The molecule has 36 heavy (non-hydrogen) atoms. The molecule has 0 heteroatoms. The summed E-state index contributed by atoms with van der Waals surface area (Å²) in [7, 11) is 0. The summed E-state index contributed by atoms with van der Waals surface area (Å²) in [5, 5.41) is 0. The number of hydrogen-bond acceptors (Lipinski definition) is 0. The van der Waals surface area contributed by atoms with Crippen molar-refractivity contribution in [1.82, 2.24) is 0 Å². The second-order valence-electron chi connectivity index (χ2n) is 12.7. The molecule has 0 nitrogen and oxygen atoms in total. The molecule has 215 valence electrons. The number of unbranched alkanes of at least 4 members (excludes halogenated alkanes) is 27. The molecule has 0 aromatic carbocycles. The Balaban J connectivity index is 1.61. The van der Waals surface area contributed by atoms with Crippen molar-refractivity contribution in [3.05, 3.63) is 6.92 Å². The molecule has 0 bridgehead atoms. The molecule has 0 amide bonds. The fraction of sp³-hybridized carbons (Fsp3) is 0.972. The minimum absolute atomic E-state index is 1.10. The van der Waals surface area contributed by atoms with E-state index in [-0.39, 0.29) is 0 Å². The quantitative estimate of drug-likeness (QED) is 0.0890. The Morgan fingerprint density at radius 1 is 0.306 bits per heavy atom. The van der Waals surface area contributed by atoms with Gasteiger partial charge in [-0.25, -0.2) is 0 Å². The largest absolute Gasteiger partial charge is 0.0533 e. The van der Waals surface area contributed by atoms with Crippen LogP contribution in [-0.2, 0) is 0 Å². The lowest BCUT2D eigenvalue weighted by Gasteiger charge is -2.21. The van der Waals surface area contributed by atoms with E-state index in [0.717, 1.165) is 12.3 Å². The van der Waals surface area contributed by atoms with Gasteiger partial charge in [-0.2, -0.15) is 0 Å². The lowest BCUT2D eigenvalue weighted by atomic mass is 9.85. The van der Waals surface area contributed by atoms with Gasteiger partial charge in [0.25, 0.3) is 0 Å². The summed E-state index contributed by atoms with van der Waals surface area (Å²) in [6, 6.07) is 0. The van der Waals surface area contributed by atoms with Gasteiger partial charge in [-0.1, -0.05) is 225 Å². The van der Waals surface area contributed by atoms with E-state index in [1.54, 1.807) is 19.3 Å². The zero-order valence-corrected chi connectivity index (χ0v) is 25.3. The van der Waals surface area contributed by atoms with Crippen molar-refractivity contribution in [2.24, 2.45) is 5.92 Å². The highest BCUT2D eigenvalue weighted by molar-refractivity contribution is 4.65. The molecule has 0 aromatic rings. The van der Waals surface area contributed by atoms with Gasteiger partial charge in [0, 0.05) is 0 Å². The van der Waals surface area contributed by atoms with Crippen molar-refractivity contribution in [2.45, 2.75) is 218 Å². The molecule has 0 aliphatic heterocycles. The minimum Gasteiger partial charge on any atom is -0.0533 e. The first-order valence-electron chi connectivity index (χ1n) is 17.7. The number of hydrogen-bond donors (Lipinski definition) is 0. The average molecular weight is 504 g/mol. The fourth-order valence-corrected chi connectivity index (χ4v) is 6.51. The maximum Gasteiger partial charge on any atom is -0.0414 e. The summed E-state index contributed by atoms with van der Waals surface area (Å²) in [5.41, 5.74) is 0. The third-order valence-corrected chi connectivity index (χ3v) is 9.09. The van der Waals surface area contributed by atoms with E-state index in [4.69, 9.17) is 0 Å². The number of rotatable bonds is 29. The van der Waals surface area contributed by atoms with Crippen molar-refractivity contribution in [2.75, 3.05) is 0 Å². The summed E-state index contributed by atoms with van der Waals surface area (Å²) < 4.78 is 0. The Morgan fingerprint density at radius 2 is 0.556 bits per heavy atom. The van der Waals surface area contributed by atoms with E-state index in [1.165, 1.54) is 193 Å². The minimum atomic E-state index is 1.10. The zero-order valence-electron chi connectivity index (χ0n) is 25.3. The molecule has 1 fully saturated rings. The SMILES string of the molecule is [CH2]CCCCCCCCCCCCCCCCCCCCCCCCCCCCCC1CCCCC1. The Morgan fingerprint density at radius 3 is 0.833 bits per heavy atom. The summed E-state index contributed by atoms with van der Waals surface area (Å²) in [5.74, 6) is 1.10. The van der Waals surface area contributed by atoms with Gasteiger partial charge in [0.1, 0.15) is 0 Å². The van der Waals surface area contributed by atoms with E-state index in [1.807, 2.05) is 0 Å². The molecule has 0 saturated heterocycles. The molecular weight excluding hydrogens is 432 g/mol. The Labute approximate surface area is 231 Å². The molecule has 1 aliphatic rings. The molecule has 1 saturated carbocycles. The molecule has 0 N–H and O–H groups in total. The second-order valence-corrected chi connectivity index (χ2v) is 12.7. The smallest absolute Gasteiger partial charge is 0.0414 e. The first kappa shape index (κ1) is 34.0. The molecule has 1 aliphatic carbocycles. The van der Waals surface area contributed by atoms with Crippen molar-refractivity contribution < 1.29 is 0 Å². The molecule has 1 radical (unpaired) electrons. The summed E-state index contributed by atoms with van der Waals surface area (Å²) in [4.78, 5) is 0. The first-order chi connectivity index (χ1) is 17.9. The molecule has 1 rings (SSSR count). The summed E-state index contributed by atoms with van der Waals surface area (Å²) >= 11 is 0. The maximum absolute atomic E-state index is 3.93. The van der Waals surface area contributed by atoms with Crippen LogP contribution in [0.1, 0.15) is 218 Å². The second kappa shape index (κ2) is 29.6. The monoisotopic (exact) mass is 504 g/mol. The van der Waals surface area contributed by atoms with E-state index in [2.05, 4.69) is 6.92 Å². The van der Waals surface area contributed by atoms with E-state index >= 15 is 0 Å². The van der Waals surface area contributed by atoms with Gasteiger partial charge in [-0.15, -0.1) is 0 Å². The highest BCUT2D eigenvalue weighted by atomic mass is 14.2. The van der Waals surface area contributed by atoms with Crippen LogP contribution < -0.4 is 0 Å². The Kier molecular flexibility index (Phi) is 27.9. The van der Waals surface area contributed by atoms with Crippen LogP contribution in [0.4, 0.5) is 0 Å². The van der Waals surface area contributed by atoms with Crippen molar-refractivity contribution >= 4 is 0 Å². The summed E-state index contributed by atoms with van der Waals surface area (Å²) in [6.07, 6.45) is 50.3. The van der Waals surface area contributed by atoms with Crippen LogP contribution in [0, 0.1) is 12.8 Å². The van der Waals surface area contributed by atoms with Gasteiger partial charge >= 0.3 is 0 Å². The van der Waals surface area contributed by atoms with Crippen LogP contribution in [0.3, 0.4) is 0 Å². The van der Waals surface area contributed by atoms with Crippen LogP contribution in [0.2, 0.25) is 0 Å². The molecular formula is C36H71. The highest BCUT2D eigenvalue weighted by Gasteiger charge is 2.12. The highest BCUT2D eigenvalue weighted by Crippen LogP contribution is 2.28. The van der Waals surface area contributed by atoms with Crippen LogP contribution in [-0.4, -0.2) is 0 Å². The first-order valence-corrected chi connectivity index (χ1v) is 17.7. The van der Waals surface area contributed by atoms with E-state index in [0.29, 0.717) is 0 Å².